The van der Waals surface area contributed by atoms with Crippen LogP contribution in [0, 0.1) is 0 Å². The standard InChI is InChI=1S/C28H32N6O2/c35-17-5-9-31-13-15-32(16-14-31)27-24-8-12-34(20-25(24)29-28(30-27)33-10-3-4-11-33)26-19-22(36)18-21-6-1-2-7-23(21)26/h1-2,5-7,9,17-19,36H,3-4,8,10-16,20H2. The Morgan fingerprint density at radius 3 is 2.47 bits per heavy atom. The number of benzene rings is 2. The molecule has 0 unspecified atom stereocenters. The van der Waals surface area contributed by atoms with E-state index in [4.69, 9.17) is 9.97 Å². The topological polar surface area (TPSA) is 76.0 Å². The molecule has 8 nitrogen and oxygen atoms in total. The van der Waals surface area contributed by atoms with E-state index < -0.39 is 0 Å². The zero-order chi connectivity index (χ0) is 24.5. The number of carbonyl (C=O) groups is 1. The number of piperazine rings is 1. The molecule has 1 aromatic heterocycles. The minimum absolute atomic E-state index is 0.289. The zero-order valence-corrected chi connectivity index (χ0v) is 20.5. The number of carbonyl (C=O) groups excluding carboxylic acids is 1. The Bertz CT molecular complexity index is 1290. The molecule has 3 aliphatic rings. The average Bonchev–Trinajstić information content (AvgIpc) is 3.46. The summed E-state index contributed by atoms with van der Waals surface area (Å²) in [4.78, 5) is 30.2. The predicted molar refractivity (Wildman–Crippen MR) is 143 cm³/mol. The molecule has 0 atom stereocenters. The molecule has 6 rings (SSSR count). The van der Waals surface area contributed by atoms with Crippen molar-refractivity contribution >= 4 is 34.5 Å². The monoisotopic (exact) mass is 484 g/mol. The van der Waals surface area contributed by atoms with Gasteiger partial charge in [0.05, 0.1) is 12.2 Å². The molecule has 3 aromatic rings. The molecule has 0 aliphatic carbocycles. The highest BCUT2D eigenvalue weighted by Crippen LogP contribution is 2.36. The van der Waals surface area contributed by atoms with Crippen LogP contribution in [0.1, 0.15) is 24.1 Å². The number of nitrogens with zero attached hydrogens (tertiary/aromatic N) is 6. The number of hydrogen-bond acceptors (Lipinski definition) is 8. The van der Waals surface area contributed by atoms with Gasteiger partial charge in [-0.05, 0) is 36.8 Å². The lowest BCUT2D eigenvalue weighted by molar-refractivity contribution is -0.104. The third-order valence-corrected chi connectivity index (χ3v) is 7.58. The van der Waals surface area contributed by atoms with Gasteiger partial charge in [0, 0.05) is 74.7 Å². The van der Waals surface area contributed by atoms with Crippen molar-refractivity contribution in [2.45, 2.75) is 25.8 Å². The van der Waals surface area contributed by atoms with E-state index in [-0.39, 0.29) is 5.75 Å². The van der Waals surface area contributed by atoms with E-state index in [1.807, 2.05) is 30.5 Å². The molecule has 0 saturated carbocycles. The SMILES string of the molecule is O=CC=CN1CCN(c2nc(N3CCCC3)nc3c2CCN(c2cc(O)cc4ccccc24)C3)CC1. The van der Waals surface area contributed by atoms with E-state index in [0.717, 1.165) is 92.4 Å². The van der Waals surface area contributed by atoms with Crippen LogP contribution < -0.4 is 14.7 Å². The highest BCUT2D eigenvalue weighted by atomic mass is 16.3. The maximum Gasteiger partial charge on any atom is 0.227 e. The number of phenolic OH excluding ortho intramolecular Hbond substituents is 1. The number of aromatic nitrogens is 2. The van der Waals surface area contributed by atoms with Crippen LogP contribution in [0.15, 0.2) is 48.7 Å². The molecule has 4 heterocycles. The number of aldehydes is 1. The molecule has 2 aromatic carbocycles. The number of rotatable bonds is 5. The summed E-state index contributed by atoms with van der Waals surface area (Å²) in [6.45, 7) is 7.02. The van der Waals surface area contributed by atoms with Crippen LogP contribution in [-0.2, 0) is 17.8 Å². The Kier molecular flexibility index (Phi) is 6.09. The lowest BCUT2D eigenvalue weighted by Crippen LogP contribution is -2.45. The van der Waals surface area contributed by atoms with Crippen molar-refractivity contribution in [2.24, 2.45) is 0 Å². The van der Waals surface area contributed by atoms with Gasteiger partial charge in [-0.3, -0.25) is 4.79 Å². The van der Waals surface area contributed by atoms with Crippen LogP contribution >= 0.6 is 0 Å². The third kappa shape index (κ3) is 4.32. The second kappa shape index (κ2) is 9.68. The Balaban J connectivity index is 1.34. The number of aromatic hydroxyl groups is 1. The van der Waals surface area contributed by atoms with Crippen molar-refractivity contribution in [3.63, 3.8) is 0 Å². The van der Waals surface area contributed by atoms with Crippen LogP contribution in [-0.4, -0.2) is 72.1 Å². The highest BCUT2D eigenvalue weighted by molar-refractivity contribution is 5.95. The molecule has 2 saturated heterocycles. The van der Waals surface area contributed by atoms with Gasteiger partial charge in [-0.15, -0.1) is 0 Å². The van der Waals surface area contributed by atoms with Crippen LogP contribution in [0.5, 0.6) is 5.75 Å². The van der Waals surface area contributed by atoms with E-state index in [1.54, 1.807) is 6.08 Å². The molecule has 3 aliphatic heterocycles. The number of phenols is 1. The largest absolute Gasteiger partial charge is 0.508 e. The lowest BCUT2D eigenvalue weighted by Gasteiger charge is -2.38. The maximum absolute atomic E-state index is 10.7. The van der Waals surface area contributed by atoms with Gasteiger partial charge in [0.2, 0.25) is 5.95 Å². The first-order valence-corrected chi connectivity index (χ1v) is 12.9. The number of anilines is 3. The molecule has 0 bridgehead atoms. The second-order valence-electron chi connectivity index (χ2n) is 9.82. The van der Waals surface area contributed by atoms with Crippen molar-refractivity contribution in [3.05, 3.63) is 59.9 Å². The fraction of sp³-hybridized carbons (Fsp3) is 0.393. The van der Waals surface area contributed by atoms with Gasteiger partial charge in [0.25, 0.3) is 0 Å². The molecule has 1 N–H and O–H groups in total. The molecular weight excluding hydrogens is 452 g/mol. The van der Waals surface area contributed by atoms with E-state index in [9.17, 15) is 9.90 Å². The first kappa shape index (κ1) is 22.6. The normalized spacial score (nSPS) is 18.3. The maximum atomic E-state index is 10.7. The molecule has 2 fully saturated rings. The van der Waals surface area contributed by atoms with Gasteiger partial charge in [-0.1, -0.05) is 24.3 Å². The van der Waals surface area contributed by atoms with Crippen molar-refractivity contribution in [2.75, 3.05) is 60.5 Å². The summed E-state index contributed by atoms with van der Waals surface area (Å²) >= 11 is 0. The van der Waals surface area contributed by atoms with Crippen LogP contribution in [0.2, 0.25) is 0 Å². The summed E-state index contributed by atoms with van der Waals surface area (Å²) in [5.41, 5.74) is 3.38. The summed E-state index contributed by atoms with van der Waals surface area (Å²) in [7, 11) is 0. The Labute approximate surface area is 211 Å². The lowest BCUT2D eigenvalue weighted by atomic mass is 10.0. The van der Waals surface area contributed by atoms with Crippen molar-refractivity contribution < 1.29 is 9.90 Å². The molecule has 186 valence electrons. The average molecular weight is 485 g/mol. The molecule has 8 heteroatoms. The zero-order valence-electron chi connectivity index (χ0n) is 20.5. The summed E-state index contributed by atoms with van der Waals surface area (Å²) < 4.78 is 0. The Morgan fingerprint density at radius 1 is 0.861 bits per heavy atom. The van der Waals surface area contributed by atoms with Gasteiger partial charge < -0.3 is 24.7 Å². The van der Waals surface area contributed by atoms with Crippen LogP contribution in [0.4, 0.5) is 17.5 Å². The molecular formula is C28H32N6O2. The van der Waals surface area contributed by atoms with E-state index in [0.29, 0.717) is 6.54 Å². The first-order chi connectivity index (χ1) is 17.7. The highest BCUT2D eigenvalue weighted by Gasteiger charge is 2.29. The smallest absolute Gasteiger partial charge is 0.227 e. The fourth-order valence-electron chi connectivity index (χ4n) is 5.70. The quantitative estimate of drug-likeness (QED) is 0.437. The molecule has 0 amide bonds. The van der Waals surface area contributed by atoms with Crippen molar-refractivity contribution in [1.29, 1.82) is 0 Å². The predicted octanol–water partition coefficient (Wildman–Crippen LogP) is 3.33. The van der Waals surface area contributed by atoms with Crippen molar-refractivity contribution in [1.82, 2.24) is 14.9 Å². The fourth-order valence-corrected chi connectivity index (χ4v) is 5.70. The van der Waals surface area contributed by atoms with E-state index in [1.165, 1.54) is 18.4 Å². The van der Waals surface area contributed by atoms with E-state index >= 15 is 0 Å². The molecule has 0 radical (unpaired) electrons. The number of allylic oxidation sites excluding steroid dienone is 1. The van der Waals surface area contributed by atoms with Gasteiger partial charge in [0.1, 0.15) is 17.9 Å². The Hall–Kier alpha value is -3.81. The van der Waals surface area contributed by atoms with Gasteiger partial charge in [0.15, 0.2) is 0 Å². The van der Waals surface area contributed by atoms with Crippen LogP contribution in [0.25, 0.3) is 10.8 Å². The van der Waals surface area contributed by atoms with Gasteiger partial charge in [-0.25, -0.2) is 4.98 Å². The van der Waals surface area contributed by atoms with Crippen molar-refractivity contribution in [3.8, 4) is 5.75 Å². The number of fused-ring (bicyclic) bond motifs is 2. The third-order valence-electron chi connectivity index (χ3n) is 7.58. The van der Waals surface area contributed by atoms with Gasteiger partial charge in [-0.2, -0.15) is 4.98 Å². The van der Waals surface area contributed by atoms with Crippen LogP contribution in [0.3, 0.4) is 0 Å². The Morgan fingerprint density at radius 2 is 1.67 bits per heavy atom. The summed E-state index contributed by atoms with van der Waals surface area (Å²) in [5, 5.41) is 12.6. The summed E-state index contributed by atoms with van der Waals surface area (Å²) in [5.74, 6) is 2.20. The van der Waals surface area contributed by atoms with Gasteiger partial charge >= 0.3 is 0 Å². The molecule has 0 spiro atoms. The van der Waals surface area contributed by atoms with E-state index in [2.05, 4.69) is 31.7 Å². The summed E-state index contributed by atoms with van der Waals surface area (Å²) in [6.07, 6.45) is 7.50. The first-order valence-electron chi connectivity index (χ1n) is 12.9. The molecule has 36 heavy (non-hydrogen) atoms. The number of hydrogen-bond donors (Lipinski definition) is 1. The summed E-state index contributed by atoms with van der Waals surface area (Å²) in [6, 6.07) is 11.9. The second-order valence-corrected chi connectivity index (χ2v) is 9.82. The minimum Gasteiger partial charge on any atom is -0.508 e. The minimum atomic E-state index is 0.289.